The number of hydrogen-bond acceptors (Lipinski definition) is 2. The van der Waals surface area contributed by atoms with Crippen molar-refractivity contribution in [2.24, 2.45) is 5.41 Å². The quantitative estimate of drug-likeness (QED) is 0.584. The fraction of sp³-hybridized carbons (Fsp3) is 0.786. The molecule has 0 bridgehead atoms. The molecule has 1 heterocycles. The molecule has 0 aromatic rings. The Morgan fingerprint density at radius 2 is 1.82 bits per heavy atom. The third-order valence-corrected chi connectivity index (χ3v) is 3.55. The minimum Gasteiger partial charge on any atom is -0.323 e. The topological polar surface area (TPSA) is 18.3 Å². The summed E-state index contributed by atoms with van der Waals surface area (Å²) >= 11 is 0. The number of rotatable bonds is 2. The summed E-state index contributed by atoms with van der Waals surface area (Å²) in [7, 11) is 4.11. The molecular weight excluding hydrogens is 210 g/mol. The first kappa shape index (κ1) is 12.6. The average molecular weight is 236 g/mol. The smallest absolute Gasteiger partial charge is 0.178 e. The Labute approximate surface area is 105 Å². The minimum atomic E-state index is 0.380. The predicted molar refractivity (Wildman–Crippen MR) is 72.2 cm³/mol. The first-order valence-electron chi connectivity index (χ1n) is 6.72. The maximum atomic E-state index is 3.44. The molecule has 0 atom stereocenters. The molecule has 0 spiro atoms. The number of allylic oxidation sites excluding steroid dienone is 2. The Kier molecular flexibility index (Phi) is 3.57. The molecule has 0 aromatic carbocycles. The summed E-state index contributed by atoms with van der Waals surface area (Å²) in [4.78, 5) is 0. The van der Waals surface area contributed by atoms with Gasteiger partial charge in [0, 0.05) is 45.1 Å². The molecule has 0 amide bonds. The third kappa shape index (κ3) is 3.32. The molecule has 1 N–H and O–H groups in total. The van der Waals surface area contributed by atoms with Crippen molar-refractivity contribution in [3.8, 4) is 0 Å². The van der Waals surface area contributed by atoms with Gasteiger partial charge in [0.15, 0.2) is 5.71 Å². The van der Waals surface area contributed by atoms with Crippen LogP contribution < -0.4 is 5.43 Å². The normalized spacial score (nSPS) is 24.2. The van der Waals surface area contributed by atoms with Crippen LogP contribution in [-0.2, 0) is 0 Å². The van der Waals surface area contributed by atoms with Crippen LogP contribution in [0.1, 0.15) is 39.5 Å². The Bertz CT molecular complexity index is 342. The van der Waals surface area contributed by atoms with Gasteiger partial charge in [0.05, 0.1) is 0 Å². The van der Waals surface area contributed by atoms with E-state index in [1.165, 1.54) is 43.8 Å². The molecule has 1 saturated heterocycles. The van der Waals surface area contributed by atoms with Gasteiger partial charge in [-0.25, -0.2) is 9.58 Å². The van der Waals surface area contributed by atoms with Crippen molar-refractivity contribution in [3.05, 3.63) is 11.8 Å². The van der Waals surface area contributed by atoms with E-state index in [4.69, 9.17) is 0 Å². The van der Waals surface area contributed by atoms with E-state index < -0.39 is 0 Å². The molecule has 0 radical (unpaired) electrons. The lowest BCUT2D eigenvalue weighted by Gasteiger charge is -2.31. The highest BCUT2D eigenvalue weighted by atomic mass is 15.5. The Morgan fingerprint density at radius 1 is 1.18 bits per heavy atom. The first-order chi connectivity index (χ1) is 7.96. The molecule has 2 rings (SSSR count). The fourth-order valence-electron chi connectivity index (χ4n) is 2.94. The van der Waals surface area contributed by atoms with Crippen molar-refractivity contribution < 1.29 is 4.58 Å². The minimum absolute atomic E-state index is 0.380. The van der Waals surface area contributed by atoms with Gasteiger partial charge in [-0.15, -0.1) is 0 Å². The van der Waals surface area contributed by atoms with E-state index in [1.807, 2.05) is 5.01 Å². The van der Waals surface area contributed by atoms with Crippen molar-refractivity contribution >= 4 is 5.71 Å². The summed E-state index contributed by atoms with van der Waals surface area (Å²) in [6.07, 6.45) is 7.44. The lowest BCUT2D eigenvalue weighted by molar-refractivity contribution is -0.507. The summed E-state index contributed by atoms with van der Waals surface area (Å²) in [5.74, 6) is 0. The van der Waals surface area contributed by atoms with Crippen LogP contribution >= 0.6 is 0 Å². The fourth-order valence-corrected chi connectivity index (χ4v) is 2.94. The zero-order chi connectivity index (χ0) is 12.5. The van der Waals surface area contributed by atoms with Crippen LogP contribution in [0.15, 0.2) is 11.8 Å². The predicted octanol–water partition coefficient (Wildman–Crippen LogP) is 2.00. The van der Waals surface area contributed by atoms with E-state index in [0.717, 1.165) is 6.42 Å². The SMILES string of the molecule is CN(C)NC1=CC(=[N+]2CCCC2)CC(C)(C)C1. The molecule has 17 heavy (non-hydrogen) atoms. The second kappa shape index (κ2) is 4.81. The van der Waals surface area contributed by atoms with Crippen LogP contribution in [0.25, 0.3) is 0 Å². The summed E-state index contributed by atoms with van der Waals surface area (Å²) in [5, 5.41) is 2.04. The average Bonchev–Trinajstić information content (AvgIpc) is 2.65. The molecule has 2 aliphatic rings. The van der Waals surface area contributed by atoms with Crippen LogP contribution in [0.5, 0.6) is 0 Å². The monoisotopic (exact) mass is 236 g/mol. The molecule has 1 aliphatic heterocycles. The lowest BCUT2D eigenvalue weighted by Crippen LogP contribution is -2.36. The summed E-state index contributed by atoms with van der Waals surface area (Å²) in [5.41, 5.74) is 6.70. The van der Waals surface area contributed by atoms with Gasteiger partial charge >= 0.3 is 0 Å². The number of hydrogen-bond donors (Lipinski definition) is 1. The lowest BCUT2D eigenvalue weighted by atomic mass is 9.78. The van der Waals surface area contributed by atoms with Gasteiger partial charge < -0.3 is 5.43 Å². The molecule has 1 aliphatic carbocycles. The van der Waals surface area contributed by atoms with Crippen molar-refractivity contribution in [2.45, 2.75) is 39.5 Å². The Balaban J connectivity index is 2.23. The first-order valence-corrected chi connectivity index (χ1v) is 6.72. The van der Waals surface area contributed by atoms with Crippen molar-refractivity contribution in [3.63, 3.8) is 0 Å². The Hall–Kier alpha value is -0.830. The van der Waals surface area contributed by atoms with Gasteiger partial charge in [-0.05, 0) is 11.8 Å². The zero-order valence-electron chi connectivity index (χ0n) is 11.7. The van der Waals surface area contributed by atoms with Crippen LogP contribution in [0.2, 0.25) is 0 Å². The standard InChI is InChI=1S/C14H25N3/c1-14(2)10-12(15-16(3)4)9-13(11-14)17-7-5-6-8-17/h9H,5-8,10-11H2,1-4H3/p+1. The Morgan fingerprint density at radius 3 is 2.41 bits per heavy atom. The van der Waals surface area contributed by atoms with Gasteiger partial charge in [-0.2, -0.15) is 0 Å². The maximum Gasteiger partial charge on any atom is 0.178 e. The molecule has 0 unspecified atom stereocenters. The molecule has 0 aromatic heterocycles. The number of nitrogens with zero attached hydrogens (tertiary/aromatic N) is 2. The van der Waals surface area contributed by atoms with Crippen LogP contribution in [0, 0.1) is 5.41 Å². The van der Waals surface area contributed by atoms with Crippen molar-refractivity contribution in [2.75, 3.05) is 27.2 Å². The van der Waals surface area contributed by atoms with Gasteiger partial charge in [-0.1, -0.05) is 13.8 Å². The van der Waals surface area contributed by atoms with Gasteiger partial charge in [0.1, 0.15) is 13.1 Å². The summed E-state index contributed by atoms with van der Waals surface area (Å²) < 4.78 is 2.57. The van der Waals surface area contributed by atoms with E-state index in [-0.39, 0.29) is 0 Å². The molecule has 3 heteroatoms. The van der Waals surface area contributed by atoms with Crippen LogP contribution in [0.3, 0.4) is 0 Å². The second-order valence-electron chi connectivity index (χ2n) is 6.38. The number of hydrazine groups is 1. The van der Waals surface area contributed by atoms with Crippen LogP contribution in [-0.4, -0.2) is 42.5 Å². The maximum absolute atomic E-state index is 3.44. The number of nitrogens with one attached hydrogen (secondary N) is 1. The van der Waals surface area contributed by atoms with Crippen molar-refractivity contribution in [1.29, 1.82) is 0 Å². The van der Waals surface area contributed by atoms with E-state index in [2.05, 4.69) is 44.0 Å². The van der Waals surface area contributed by atoms with Crippen molar-refractivity contribution in [1.82, 2.24) is 10.4 Å². The van der Waals surface area contributed by atoms with E-state index in [9.17, 15) is 0 Å². The molecule has 3 nitrogen and oxygen atoms in total. The molecule has 96 valence electrons. The van der Waals surface area contributed by atoms with E-state index in [1.54, 1.807) is 0 Å². The highest BCUT2D eigenvalue weighted by Crippen LogP contribution is 2.33. The molecule has 1 fully saturated rings. The molecule has 0 saturated carbocycles. The second-order valence-corrected chi connectivity index (χ2v) is 6.38. The van der Waals surface area contributed by atoms with Gasteiger partial charge in [0.2, 0.25) is 0 Å². The van der Waals surface area contributed by atoms with E-state index >= 15 is 0 Å². The highest BCUT2D eigenvalue weighted by Gasteiger charge is 2.32. The largest absolute Gasteiger partial charge is 0.323 e. The highest BCUT2D eigenvalue weighted by molar-refractivity contribution is 5.92. The third-order valence-electron chi connectivity index (χ3n) is 3.55. The molecular formula is C14H26N3+. The van der Waals surface area contributed by atoms with Gasteiger partial charge in [-0.3, -0.25) is 0 Å². The summed E-state index contributed by atoms with van der Waals surface area (Å²) in [6, 6.07) is 0. The van der Waals surface area contributed by atoms with E-state index in [0.29, 0.717) is 5.41 Å². The van der Waals surface area contributed by atoms with Crippen LogP contribution in [0.4, 0.5) is 0 Å². The zero-order valence-corrected chi connectivity index (χ0v) is 11.7. The van der Waals surface area contributed by atoms with Gasteiger partial charge in [0.25, 0.3) is 0 Å². The summed E-state index contributed by atoms with van der Waals surface area (Å²) in [6.45, 7) is 7.23.